The van der Waals surface area contributed by atoms with Crippen LogP contribution in [0.15, 0.2) is 37.6 Å². The second-order valence-corrected chi connectivity index (χ2v) is 1.27. The van der Waals surface area contributed by atoms with Crippen LogP contribution in [-0.4, -0.2) is 6.61 Å². The lowest BCUT2D eigenvalue weighted by atomic mass is 10.5. The number of allylic oxidation sites excluding steroid dienone is 1. The first kappa shape index (κ1) is 7.02. The molecule has 0 N–H and O–H groups in total. The van der Waals surface area contributed by atoms with Crippen molar-refractivity contribution in [2.75, 3.05) is 6.61 Å². The van der Waals surface area contributed by atoms with Gasteiger partial charge in [0.25, 0.3) is 0 Å². The summed E-state index contributed by atoms with van der Waals surface area (Å²) in [7, 11) is 0. The molecule has 0 saturated heterocycles. The van der Waals surface area contributed by atoms with E-state index in [-0.39, 0.29) is 0 Å². The largest absolute Gasteiger partial charge is 0.490 e. The van der Waals surface area contributed by atoms with Crippen molar-refractivity contribution in [1.29, 1.82) is 0 Å². The van der Waals surface area contributed by atoms with E-state index in [1.54, 1.807) is 12.2 Å². The second kappa shape index (κ2) is 4.19. The van der Waals surface area contributed by atoms with Gasteiger partial charge in [0.1, 0.15) is 12.4 Å². The average Bonchev–Trinajstić information content (AvgIpc) is 1.83. The molecule has 0 spiro atoms. The summed E-state index contributed by atoms with van der Waals surface area (Å²) < 4.78 is 4.91. The maximum absolute atomic E-state index is 4.91. The summed E-state index contributed by atoms with van der Waals surface area (Å²) in [5.41, 5.74) is 0. The SMILES string of the molecule is C=CCOC(=C)C=C. The van der Waals surface area contributed by atoms with Crippen molar-refractivity contribution in [2.45, 2.75) is 0 Å². The van der Waals surface area contributed by atoms with Gasteiger partial charge >= 0.3 is 0 Å². The summed E-state index contributed by atoms with van der Waals surface area (Å²) in [5.74, 6) is 0.588. The molecular weight excluding hydrogens is 100 g/mol. The highest BCUT2D eigenvalue weighted by Crippen LogP contribution is 1.91. The van der Waals surface area contributed by atoms with Crippen LogP contribution < -0.4 is 0 Å². The van der Waals surface area contributed by atoms with Crippen molar-refractivity contribution in [3.63, 3.8) is 0 Å². The minimum absolute atomic E-state index is 0.505. The maximum atomic E-state index is 4.91. The maximum Gasteiger partial charge on any atom is 0.112 e. The van der Waals surface area contributed by atoms with E-state index in [9.17, 15) is 0 Å². The van der Waals surface area contributed by atoms with Crippen LogP contribution in [0.3, 0.4) is 0 Å². The van der Waals surface area contributed by atoms with Gasteiger partial charge in [-0.15, -0.1) is 0 Å². The van der Waals surface area contributed by atoms with E-state index in [1.165, 1.54) is 0 Å². The van der Waals surface area contributed by atoms with Crippen molar-refractivity contribution in [2.24, 2.45) is 0 Å². The smallest absolute Gasteiger partial charge is 0.112 e. The fourth-order valence-corrected chi connectivity index (χ4v) is 0.225. The monoisotopic (exact) mass is 110 g/mol. The molecule has 0 bridgehead atoms. The molecule has 1 heteroatoms. The van der Waals surface area contributed by atoms with Gasteiger partial charge in [-0.25, -0.2) is 0 Å². The molecule has 0 heterocycles. The van der Waals surface area contributed by atoms with Gasteiger partial charge in [0.15, 0.2) is 0 Å². The molecule has 1 nitrogen and oxygen atoms in total. The van der Waals surface area contributed by atoms with Crippen molar-refractivity contribution in [1.82, 2.24) is 0 Å². The molecule has 0 amide bonds. The van der Waals surface area contributed by atoms with Crippen molar-refractivity contribution in [3.05, 3.63) is 37.6 Å². The Labute approximate surface area is 50.0 Å². The fraction of sp³-hybridized carbons (Fsp3) is 0.143. The summed E-state index contributed by atoms with van der Waals surface area (Å²) in [6.45, 7) is 10.9. The van der Waals surface area contributed by atoms with Crippen LogP contribution >= 0.6 is 0 Å². The van der Waals surface area contributed by atoms with Gasteiger partial charge in [0, 0.05) is 0 Å². The van der Waals surface area contributed by atoms with E-state index < -0.39 is 0 Å². The normalized spacial score (nSPS) is 7.50. The molecule has 0 aliphatic carbocycles. The molecule has 0 saturated carbocycles. The predicted octanol–water partition coefficient (Wildman–Crippen LogP) is 1.89. The van der Waals surface area contributed by atoms with Crippen molar-refractivity contribution < 1.29 is 4.74 Å². The number of hydrogen-bond acceptors (Lipinski definition) is 1. The second-order valence-electron chi connectivity index (χ2n) is 1.27. The lowest BCUT2D eigenvalue weighted by molar-refractivity contribution is 0.264. The quantitative estimate of drug-likeness (QED) is 0.305. The van der Waals surface area contributed by atoms with Crippen molar-refractivity contribution in [3.8, 4) is 0 Å². The molecule has 0 atom stereocenters. The highest BCUT2D eigenvalue weighted by Gasteiger charge is 1.79. The first-order chi connectivity index (χ1) is 3.81. The van der Waals surface area contributed by atoms with Crippen LogP contribution in [-0.2, 0) is 4.74 Å². The van der Waals surface area contributed by atoms with E-state index in [1.807, 2.05) is 0 Å². The van der Waals surface area contributed by atoms with E-state index in [0.29, 0.717) is 12.4 Å². The summed E-state index contributed by atoms with van der Waals surface area (Å²) in [6, 6.07) is 0. The molecule has 44 valence electrons. The zero-order valence-corrected chi connectivity index (χ0v) is 4.89. The zero-order chi connectivity index (χ0) is 6.41. The summed E-state index contributed by atoms with van der Waals surface area (Å²) >= 11 is 0. The van der Waals surface area contributed by atoms with Crippen LogP contribution in [0.5, 0.6) is 0 Å². The van der Waals surface area contributed by atoms with Crippen LogP contribution in [0, 0.1) is 0 Å². The molecule has 0 aliphatic heterocycles. The molecule has 0 radical (unpaired) electrons. The Morgan fingerprint density at radius 2 is 2.12 bits per heavy atom. The minimum Gasteiger partial charge on any atom is -0.490 e. The molecule has 0 aromatic carbocycles. The third-order valence-electron chi connectivity index (χ3n) is 0.614. The standard InChI is InChI=1S/C7H10O/c1-4-6-8-7(3)5-2/h4-5H,1-3,6H2. The molecule has 0 aliphatic rings. The van der Waals surface area contributed by atoms with E-state index in [2.05, 4.69) is 19.7 Å². The molecular formula is C7H10O. The fourth-order valence-electron chi connectivity index (χ4n) is 0.225. The topological polar surface area (TPSA) is 9.23 Å². The summed E-state index contributed by atoms with van der Waals surface area (Å²) in [4.78, 5) is 0. The number of hydrogen-bond donors (Lipinski definition) is 0. The van der Waals surface area contributed by atoms with Gasteiger partial charge in [-0.05, 0) is 6.08 Å². The molecule has 8 heavy (non-hydrogen) atoms. The lowest BCUT2D eigenvalue weighted by Gasteiger charge is -1.98. The summed E-state index contributed by atoms with van der Waals surface area (Å²) in [6.07, 6.45) is 3.22. The average molecular weight is 110 g/mol. The third kappa shape index (κ3) is 3.22. The molecule has 0 unspecified atom stereocenters. The van der Waals surface area contributed by atoms with Crippen LogP contribution in [0.1, 0.15) is 0 Å². The van der Waals surface area contributed by atoms with Gasteiger partial charge in [-0.3, -0.25) is 0 Å². The highest BCUT2D eigenvalue weighted by atomic mass is 16.5. The lowest BCUT2D eigenvalue weighted by Crippen LogP contribution is -1.85. The van der Waals surface area contributed by atoms with Gasteiger partial charge in [-0.1, -0.05) is 25.8 Å². The molecule has 0 rings (SSSR count). The zero-order valence-electron chi connectivity index (χ0n) is 4.89. The predicted molar refractivity (Wildman–Crippen MR) is 35.5 cm³/mol. The Bertz CT molecular complexity index is 103. The number of rotatable bonds is 4. The van der Waals surface area contributed by atoms with Gasteiger partial charge in [0.2, 0.25) is 0 Å². The Balaban J connectivity index is 3.24. The first-order valence-electron chi connectivity index (χ1n) is 2.36. The van der Waals surface area contributed by atoms with Gasteiger partial charge in [-0.2, -0.15) is 0 Å². The molecule has 0 aromatic rings. The highest BCUT2D eigenvalue weighted by molar-refractivity contribution is 5.02. The van der Waals surface area contributed by atoms with Crippen molar-refractivity contribution >= 4 is 0 Å². The van der Waals surface area contributed by atoms with Crippen LogP contribution in [0.25, 0.3) is 0 Å². The van der Waals surface area contributed by atoms with Gasteiger partial charge < -0.3 is 4.74 Å². The first-order valence-corrected chi connectivity index (χ1v) is 2.36. The van der Waals surface area contributed by atoms with Crippen LogP contribution in [0.4, 0.5) is 0 Å². The molecule has 0 fully saturated rings. The molecule has 0 aromatic heterocycles. The van der Waals surface area contributed by atoms with E-state index >= 15 is 0 Å². The Hall–Kier alpha value is -0.980. The minimum atomic E-state index is 0.505. The third-order valence-corrected chi connectivity index (χ3v) is 0.614. The Morgan fingerprint density at radius 3 is 2.50 bits per heavy atom. The van der Waals surface area contributed by atoms with Crippen LogP contribution in [0.2, 0.25) is 0 Å². The van der Waals surface area contributed by atoms with E-state index in [4.69, 9.17) is 4.74 Å². The van der Waals surface area contributed by atoms with E-state index in [0.717, 1.165) is 0 Å². The summed E-state index contributed by atoms with van der Waals surface area (Å²) in [5, 5.41) is 0. The van der Waals surface area contributed by atoms with Gasteiger partial charge in [0.05, 0.1) is 0 Å². The Morgan fingerprint density at radius 1 is 1.50 bits per heavy atom. The number of ether oxygens (including phenoxy) is 1. The Kier molecular flexibility index (Phi) is 3.67.